The molecule has 7 aliphatic heterocycles. The Morgan fingerprint density at radius 3 is 1.76 bits per heavy atom. The minimum atomic E-state index is -2.13. The van der Waals surface area contributed by atoms with E-state index < -0.39 is 192 Å². The maximum Gasteiger partial charge on any atom is 0.187 e. The van der Waals surface area contributed by atoms with E-state index in [9.17, 15) is 81.7 Å². The Balaban J connectivity index is 0.891. The van der Waals surface area contributed by atoms with Crippen molar-refractivity contribution in [2.24, 2.45) is 58.2 Å². The first kappa shape index (κ1) is 63.5. The molecule has 11 fully saturated rings. The molecule has 0 amide bonds. The SMILES string of the molecule is C[C@@H]1CC[C@@]2(OC1)O[C@H]1C[C@H]3[C@@H]4CCC5CC([C@]6(CO)O[C@@H](O)[C@H](O)[C@@H](O)[C@H]6OC6OC(CO)C(O)C(OC7OCC(O)C(O)C7O)C6OC6OC(CO)C(O)C(O)C6OC6OC(CO)C(O)C(O)C6O)CC[C@]5(C)[C@H]4CC[C@]3(C)[C@H]1[C@@H]2C. The van der Waals surface area contributed by atoms with Gasteiger partial charge in [0.2, 0.25) is 0 Å². The molecular weight excluding hydrogens is 1100 g/mol. The van der Waals surface area contributed by atoms with Gasteiger partial charge < -0.3 is 134 Å². The Labute approximate surface area is 481 Å². The van der Waals surface area contributed by atoms with Crippen LogP contribution in [0.1, 0.15) is 91.9 Å². The number of hydrogen-bond acceptors (Lipinski definition) is 27. The van der Waals surface area contributed by atoms with Crippen LogP contribution in [0.4, 0.5) is 0 Å². The summed E-state index contributed by atoms with van der Waals surface area (Å²) in [5.41, 5.74) is -2.13. The van der Waals surface area contributed by atoms with E-state index in [-0.39, 0.29) is 28.8 Å². The zero-order chi connectivity index (χ0) is 59.6. The van der Waals surface area contributed by atoms with Gasteiger partial charge in [0.05, 0.1) is 45.7 Å². The predicted octanol–water partition coefficient (Wildman–Crippen LogP) is -4.85. The second kappa shape index (κ2) is 24.3. The highest BCUT2D eigenvalue weighted by molar-refractivity contribution is 5.17. The lowest BCUT2D eigenvalue weighted by atomic mass is 9.43. The smallest absolute Gasteiger partial charge is 0.187 e. The van der Waals surface area contributed by atoms with E-state index in [1.54, 1.807) is 0 Å². The molecule has 83 heavy (non-hydrogen) atoms. The van der Waals surface area contributed by atoms with Crippen molar-refractivity contribution in [3.05, 3.63) is 0 Å². The van der Waals surface area contributed by atoms with Crippen LogP contribution in [0.15, 0.2) is 0 Å². The normalized spacial score (nSPS) is 58.3. The van der Waals surface area contributed by atoms with Gasteiger partial charge in [-0.3, -0.25) is 0 Å². The molecule has 4 saturated carbocycles. The molecule has 1 spiro atoms. The second-order valence-electron chi connectivity index (χ2n) is 27.0. The molecule has 4 aliphatic carbocycles. The Kier molecular flexibility index (Phi) is 18.6. The molecule has 27 nitrogen and oxygen atoms in total. The molecule has 27 heteroatoms. The average molecular weight is 1200 g/mol. The quantitative estimate of drug-likeness (QED) is 0.0822. The molecule has 0 radical (unpaired) electrons. The van der Waals surface area contributed by atoms with Gasteiger partial charge in [-0.2, -0.15) is 0 Å². The predicted molar refractivity (Wildman–Crippen MR) is 275 cm³/mol. The Hall–Kier alpha value is -1.08. The van der Waals surface area contributed by atoms with Crippen molar-refractivity contribution in [1.29, 1.82) is 0 Å². The fraction of sp³-hybridized carbons (Fsp3) is 1.00. The molecule has 7 saturated heterocycles. The van der Waals surface area contributed by atoms with Gasteiger partial charge in [-0.05, 0) is 110 Å². The summed E-state index contributed by atoms with van der Waals surface area (Å²) < 4.78 is 68.5. The summed E-state index contributed by atoms with van der Waals surface area (Å²) in [7, 11) is 0. The summed E-state index contributed by atoms with van der Waals surface area (Å²) in [6, 6.07) is 0. The molecule has 11 aliphatic rings. The van der Waals surface area contributed by atoms with Crippen LogP contribution < -0.4 is 0 Å². The molecule has 478 valence electrons. The van der Waals surface area contributed by atoms with Crippen LogP contribution in [0.3, 0.4) is 0 Å². The van der Waals surface area contributed by atoms with Crippen LogP contribution in [0.5, 0.6) is 0 Å². The van der Waals surface area contributed by atoms with Gasteiger partial charge in [0, 0.05) is 12.3 Å². The fourth-order valence-corrected chi connectivity index (χ4v) is 17.9. The summed E-state index contributed by atoms with van der Waals surface area (Å²) in [6.45, 7) is 5.75. The van der Waals surface area contributed by atoms with E-state index >= 15 is 0 Å². The average Bonchev–Trinajstić information content (AvgIpc) is 4.00. The van der Waals surface area contributed by atoms with Crippen LogP contribution in [-0.4, -0.2) is 280 Å². The van der Waals surface area contributed by atoms with E-state index in [0.29, 0.717) is 55.5 Å². The zero-order valence-electron chi connectivity index (χ0n) is 47.4. The number of aliphatic hydroxyl groups is 16. The van der Waals surface area contributed by atoms with E-state index in [4.69, 9.17) is 52.1 Å². The second-order valence-corrected chi connectivity index (χ2v) is 27.0. The van der Waals surface area contributed by atoms with Crippen molar-refractivity contribution in [2.75, 3.05) is 39.6 Å². The van der Waals surface area contributed by atoms with Gasteiger partial charge in [-0.15, -0.1) is 0 Å². The van der Waals surface area contributed by atoms with Gasteiger partial charge in [-0.1, -0.05) is 27.7 Å². The van der Waals surface area contributed by atoms with Gasteiger partial charge in [0.15, 0.2) is 37.2 Å². The van der Waals surface area contributed by atoms with Crippen molar-refractivity contribution in [2.45, 2.75) is 251 Å². The van der Waals surface area contributed by atoms with Gasteiger partial charge >= 0.3 is 0 Å². The number of rotatable bonds is 13. The Morgan fingerprint density at radius 1 is 0.482 bits per heavy atom. The summed E-state index contributed by atoms with van der Waals surface area (Å²) in [5, 5.41) is 177. The standard InChI is InChI=1S/C56H92O27/c1-21-7-12-56(74-18-21)22(2)33-29(82-56)14-27-25-6-5-23-13-24(8-10-53(23,3)26(25)9-11-54(27,33)4)55(20-60)47(40(68)41(69)48(72)83-55)81-52-46(44(37(65)32(17-59)77-52)78-49-42(70)34(62)28(61)19-73-49)80-51-45(39(67)36(64)31(16-58)76-51)79-50-43(71)38(66)35(63)30(15-57)75-50/h21-52,57-72H,5-20H2,1-4H3/t21-,22+,23?,24?,25-,26+,27+,28?,29+,30?,31?,32?,33+,34?,35?,36?,37?,38?,39?,40-,41-,42?,43?,44?,45?,46?,47-,48-,49?,50?,51?,52?,53+,54+,55+,56-/m1/s1. The Bertz CT molecular complexity index is 2180. The minimum absolute atomic E-state index is 0.0625. The molecule has 0 aromatic rings. The Morgan fingerprint density at radius 2 is 1.10 bits per heavy atom. The molecule has 11 rings (SSSR count). The molecule has 0 bridgehead atoms. The number of aliphatic hydroxyl groups excluding tert-OH is 16. The van der Waals surface area contributed by atoms with Crippen molar-refractivity contribution in [3.8, 4) is 0 Å². The zero-order valence-corrected chi connectivity index (χ0v) is 47.4. The molecule has 36 atom stereocenters. The first-order valence-corrected chi connectivity index (χ1v) is 30.2. The fourth-order valence-electron chi connectivity index (χ4n) is 17.9. The highest BCUT2D eigenvalue weighted by Gasteiger charge is 2.71. The van der Waals surface area contributed by atoms with E-state index in [1.807, 2.05) is 0 Å². The highest BCUT2D eigenvalue weighted by Crippen LogP contribution is 2.72. The van der Waals surface area contributed by atoms with Gasteiger partial charge in [0.25, 0.3) is 0 Å². The number of ether oxygens (including phenoxy) is 11. The summed E-state index contributed by atoms with van der Waals surface area (Å²) >= 11 is 0. The largest absolute Gasteiger partial charge is 0.394 e. The molecule has 21 unspecified atom stereocenters. The van der Waals surface area contributed by atoms with E-state index in [0.717, 1.165) is 44.9 Å². The third kappa shape index (κ3) is 10.6. The molecule has 7 heterocycles. The number of hydrogen-bond donors (Lipinski definition) is 16. The third-order valence-electron chi connectivity index (χ3n) is 22.7. The van der Waals surface area contributed by atoms with Crippen molar-refractivity contribution < 1.29 is 134 Å². The van der Waals surface area contributed by atoms with E-state index in [2.05, 4.69) is 27.7 Å². The monoisotopic (exact) mass is 1200 g/mol. The van der Waals surface area contributed by atoms with Crippen LogP contribution >= 0.6 is 0 Å². The summed E-state index contributed by atoms with van der Waals surface area (Å²) in [5.74, 6) is 1.24. The van der Waals surface area contributed by atoms with Crippen molar-refractivity contribution >= 4 is 0 Å². The summed E-state index contributed by atoms with van der Waals surface area (Å²) in [4.78, 5) is 0. The van der Waals surface area contributed by atoms with Crippen LogP contribution in [-0.2, 0) is 52.1 Å². The third-order valence-corrected chi connectivity index (χ3v) is 22.7. The maximum absolute atomic E-state index is 12.2. The molecule has 0 aromatic heterocycles. The van der Waals surface area contributed by atoms with Gasteiger partial charge in [0.1, 0.15) is 115 Å². The molecular formula is C56H92O27. The van der Waals surface area contributed by atoms with Crippen molar-refractivity contribution in [1.82, 2.24) is 0 Å². The lowest BCUT2D eigenvalue weighted by Crippen LogP contribution is -2.72. The van der Waals surface area contributed by atoms with Crippen LogP contribution in [0.25, 0.3) is 0 Å². The lowest BCUT2D eigenvalue weighted by molar-refractivity contribution is -0.421. The summed E-state index contributed by atoms with van der Waals surface area (Å²) in [6.07, 6.45) is -36.3. The first-order valence-electron chi connectivity index (χ1n) is 30.2. The first-order chi connectivity index (χ1) is 39.4. The van der Waals surface area contributed by atoms with E-state index in [1.165, 1.54) is 0 Å². The molecule has 0 aromatic carbocycles. The topological polar surface area (TPSA) is 425 Å². The van der Waals surface area contributed by atoms with Gasteiger partial charge in [-0.25, -0.2) is 0 Å². The van der Waals surface area contributed by atoms with Crippen LogP contribution in [0.2, 0.25) is 0 Å². The van der Waals surface area contributed by atoms with Crippen molar-refractivity contribution in [3.63, 3.8) is 0 Å². The lowest BCUT2D eigenvalue weighted by Gasteiger charge is -2.63. The number of fused-ring (bicyclic) bond motifs is 7. The van der Waals surface area contributed by atoms with Crippen LogP contribution in [0, 0.1) is 58.2 Å². The minimum Gasteiger partial charge on any atom is -0.394 e. The molecule has 16 N–H and O–H groups in total. The highest BCUT2D eigenvalue weighted by atomic mass is 16.8. The maximum atomic E-state index is 12.2.